The number of Topliss-reactive ketones (excluding diaryl/α,β-unsaturated/α-hetero) is 1. The van der Waals surface area contributed by atoms with E-state index in [4.69, 9.17) is 86.5 Å². The van der Waals surface area contributed by atoms with Gasteiger partial charge < -0.3 is 58.0 Å². The number of nitrogens with zero attached hydrogens (tertiary/aromatic N) is 11. The molecule has 3 aromatic carbocycles. The molecule has 0 spiro atoms. The fourth-order valence-corrected chi connectivity index (χ4v) is 14.1. The Morgan fingerprint density at radius 2 is 0.740 bits per heavy atom. The monoisotopic (exact) mass is 1820 g/mol. The lowest BCUT2D eigenvalue weighted by Crippen LogP contribution is -2.41. The third-order valence-corrected chi connectivity index (χ3v) is 20.9. The molecule has 0 unspecified atom stereocenters. The zero-order valence-electron chi connectivity index (χ0n) is 72.3. The van der Waals surface area contributed by atoms with Crippen LogP contribution in [0.15, 0.2) is 117 Å². The van der Waals surface area contributed by atoms with Gasteiger partial charge in [0.1, 0.15) is 40.4 Å². The lowest BCUT2D eigenvalue weighted by Gasteiger charge is -2.31. The molecule has 3 aromatic rings. The summed E-state index contributed by atoms with van der Waals surface area (Å²) in [5, 5.41) is 31.7. The first kappa shape index (κ1) is 105. The van der Waals surface area contributed by atoms with Crippen molar-refractivity contribution < 1.29 is 90.4 Å². The van der Waals surface area contributed by atoms with Crippen LogP contribution in [0, 0.1) is 42.4 Å². The average Bonchev–Trinajstić information content (AvgIpc) is 1.63. The van der Waals surface area contributed by atoms with Crippen LogP contribution in [0.3, 0.4) is 0 Å². The number of aliphatic hydroxyl groups is 1. The van der Waals surface area contributed by atoms with E-state index in [0.29, 0.717) is 159 Å². The molecule has 8 heterocycles. The summed E-state index contributed by atoms with van der Waals surface area (Å²) >= 11 is 12.8. The number of halogens is 3. The second-order valence-corrected chi connectivity index (χ2v) is 35.7. The highest BCUT2D eigenvalue weighted by atomic mass is 79.9. The summed E-state index contributed by atoms with van der Waals surface area (Å²) in [4.78, 5) is 149. The lowest BCUT2D eigenvalue weighted by molar-refractivity contribution is -0.121. The van der Waals surface area contributed by atoms with E-state index in [1.54, 1.807) is 112 Å². The summed E-state index contributed by atoms with van der Waals surface area (Å²) in [5.41, 5.74) is 5.91. The first-order valence-corrected chi connectivity index (χ1v) is 43.5. The molecule has 5 fully saturated rings. The number of piperidine rings is 5. The Bertz CT molecular complexity index is 4570. The highest BCUT2D eigenvalue weighted by Gasteiger charge is 2.39. The number of nitrogens with one attached hydrogen (secondary N) is 2. The van der Waals surface area contributed by atoms with Gasteiger partial charge in [-0.05, 0) is 219 Å². The van der Waals surface area contributed by atoms with E-state index < -0.39 is 30.0 Å². The number of benzene rings is 3. The predicted octanol–water partition coefficient (Wildman–Crippen LogP) is 16.1. The number of ketones is 1. The molecule has 664 valence electrons. The molecule has 32 nitrogen and oxygen atoms in total. The Balaban J connectivity index is 0.000000306. The molecule has 123 heavy (non-hydrogen) atoms. The van der Waals surface area contributed by atoms with Crippen molar-refractivity contribution in [1.29, 1.82) is 10.5 Å². The Morgan fingerprint density at radius 3 is 1.00 bits per heavy atom. The molecule has 11 rings (SSSR count). The van der Waals surface area contributed by atoms with Crippen molar-refractivity contribution in [2.24, 2.45) is 0 Å². The summed E-state index contributed by atoms with van der Waals surface area (Å²) in [7, 11) is -3.08. The van der Waals surface area contributed by atoms with Gasteiger partial charge in [-0.3, -0.25) is 53.2 Å². The summed E-state index contributed by atoms with van der Waals surface area (Å²) in [6.07, 6.45) is 4.88. The number of likely N-dealkylation sites (tertiary alicyclic amines) is 4. The number of rotatable bonds is 10. The number of carbonyl (C=O) groups excluding carboxylic acids is 11. The van der Waals surface area contributed by atoms with E-state index in [9.17, 15) is 57.3 Å². The largest absolute Gasteiger partial charge is 0.444 e. The van der Waals surface area contributed by atoms with Crippen LogP contribution in [0.2, 0.25) is 0 Å². The SMILES string of the molecule is CC(C)(C)OC(=O)N1CCC(=C(Br)C#N)CC1.CC(C)(C)OC(=O)N1CCC(=O)CC1.CCOP(=O)(CC#N)OCC.ClCCl.O=C1NC(=O)c2ccccc21.[C-]#[N+]C(CN1C(=O)c2ccccc2C1=O)=C1CCN(C(=O)OC(C)(C)C)CC1.[C-]#[N+]C(CN1C(=O)c2ccccc2C1=O)=C1CCNCC1.[C-]#[N+]C(CO)=C1CCN(C(=O)OC(C)(C)C)CC1. The van der Waals surface area contributed by atoms with Crippen molar-refractivity contribution in [2.45, 2.75) is 184 Å². The Hall–Kier alpha value is -10.6. The first-order chi connectivity index (χ1) is 57.9. The normalized spacial score (nSPS) is 16.0. The fraction of sp³-hybridized carbons (Fsp3) is 0.517. The zero-order valence-corrected chi connectivity index (χ0v) is 76.3. The second kappa shape index (κ2) is 50.2. The van der Waals surface area contributed by atoms with Gasteiger partial charge in [0.05, 0.1) is 102 Å². The van der Waals surface area contributed by atoms with E-state index in [1.807, 2.05) is 83.1 Å². The number of amides is 10. The molecule has 0 aliphatic carbocycles. The molecular formula is C87H111BrCl2N13O19P. The maximum atomic E-state index is 12.5. The number of carbonyl (C=O) groups is 11. The van der Waals surface area contributed by atoms with Gasteiger partial charge >= 0.3 is 32.0 Å². The van der Waals surface area contributed by atoms with Gasteiger partial charge in [0.2, 0.25) is 0 Å². The summed E-state index contributed by atoms with van der Waals surface area (Å²) in [5.74, 6) is -1.71. The number of hydrogen-bond donors (Lipinski definition) is 3. The van der Waals surface area contributed by atoms with Crippen molar-refractivity contribution in [2.75, 3.05) is 110 Å². The average molecular weight is 1820 g/mol. The van der Waals surface area contributed by atoms with Gasteiger partial charge in [-0.25, -0.2) is 33.7 Å². The minimum absolute atomic E-state index is 0.0301. The molecule has 8 aliphatic heterocycles. The quantitative estimate of drug-likeness (QED) is 0.0424. The maximum Gasteiger partial charge on any atom is 0.410 e. The maximum absolute atomic E-state index is 12.5. The van der Waals surface area contributed by atoms with Crippen LogP contribution in [-0.2, 0) is 37.4 Å². The van der Waals surface area contributed by atoms with Crippen LogP contribution in [0.1, 0.15) is 223 Å². The summed E-state index contributed by atoms with van der Waals surface area (Å²) in [6.45, 7) is 53.6. The molecule has 36 heteroatoms. The van der Waals surface area contributed by atoms with Gasteiger partial charge in [0.25, 0.3) is 35.4 Å². The number of nitriles is 2. The van der Waals surface area contributed by atoms with Crippen molar-refractivity contribution in [3.8, 4) is 12.1 Å². The molecule has 0 saturated carbocycles. The molecule has 0 bridgehead atoms. The number of imide groups is 3. The number of hydrogen-bond acceptors (Lipinski definition) is 22. The standard InChI is InChI=1S/C21H23N3O4.C16H15N3O2.C13H20N2O3.C12H17BrN2O2.C10H17NO3.C8H5NO2.C6H12NO3P.CH2Cl2/c1-21(2,3)28-20(27)23-11-9-14(10-12-23)17(22-4)13-24-18(25)15-7-5-6-8-16(15)19(24)26;1-17-14(11-6-8-18-9-7-11)10-19-15(20)12-4-2-3-5-13(12)16(19)21;1-13(2,3)18-12(17)15-7-5-10(6-8-15)11(9-16)14-4;1-12(2,3)17-11(16)15-6-4-9(5-7-15)10(13)8-14;1-10(2,3)14-9(13)11-6-4-8(12)5-7-11;10-7-5-3-1-2-4-6(5)8(11)9-7;1-3-9-11(8,6-5-7)10-4-2;2-1-3/h5-8H,9-13H2,1-3H3;2-5,18H,6-10H2;16H,5-9H2,1-3H3;4-7H2,1-3H3;4-7H2,1-3H3;1-4H,(H,9,10,11);3-4,6H2,1-2H3;1H2. The Kier molecular flexibility index (Phi) is 42.7. The highest BCUT2D eigenvalue weighted by Crippen LogP contribution is 2.47. The molecule has 3 N–H and O–H groups in total. The van der Waals surface area contributed by atoms with E-state index >= 15 is 0 Å². The van der Waals surface area contributed by atoms with Crippen molar-refractivity contribution >= 4 is 112 Å². The van der Waals surface area contributed by atoms with E-state index in [-0.39, 0.29) is 96.8 Å². The Labute approximate surface area is 738 Å². The molecular weight excluding hydrogens is 1710 g/mol. The van der Waals surface area contributed by atoms with Crippen LogP contribution < -0.4 is 10.6 Å². The molecule has 0 radical (unpaired) electrons. The predicted molar refractivity (Wildman–Crippen MR) is 465 cm³/mol. The van der Waals surface area contributed by atoms with Gasteiger partial charge in [0, 0.05) is 65.2 Å². The molecule has 0 aromatic heterocycles. The smallest absolute Gasteiger partial charge is 0.410 e. The number of allylic oxidation sites excluding steroid dienone is 1. The van der Waals surface area contributed by atoms with Crippen molar-refractivity contribution in [3.05, 3.63) is 184 Å². The molecule has 0 atom stereocenters. The molecule has 10 amide bonds. The number of ether oxygens (including phenoxy) is 4. The topological polar surface area (TPSA) is 385 Å². The van der Waals surface area contributed by atoms with Crippen LogP contribution in [0.5, 0.6) is 0 Å². The lowest BCUT2D eigenvalue weighted by atomic mass is 10.0. The van der Waals surface area contributed by atoms with E-state index in [0.717, 1.165) is 66.0 Å². The van der Waals surface area contributed by atoms with Gasteiger partial charge in [-0.15, -0.1) is 23.2 Å². The Morgan fingerprint density at radius 1 is 0.472 bits per heavy atom. The van der Waals surface area contributed by atoms with Crippen molar-refractivity contribution in [1.82, 2.24) is 40.0 Å². The number of alkyl halides is 2. The van der Waals surface area contributed by atoms with Crippen molar-refractivity contribution in [3.63, 3.8) is 0 Å². The summed E-state index contributed by atoms with van der Waals surface area (Å²) in [6, 6.07) is 24.1. The minimum Gasteiger partial charge on any atom is -0.444 e. The van der Waals surface area contributed by atoms with E-state index in [2.05, 4.69) is 47.2 Å². The second-order valence-electron chi connectivity index (χ2n) is 32.0. The van der Waals surface area contributed by atoms with Gasteiger partial charge in [-0.1, -0.05) is 53.1 Å². The molecule has 5 saturated heterocycles. The number of aliphatic hydroxyl groups excluding tert-OH is 1. The third kappa shape index (κ3) is 34.5. The first-order valence-electron chi connectivity index (χ1n) is 39.9. The van der Waals surface area contributed by atoms with Gasteiger partial charge in [-0.2, -0.15) is 10.5 Å². The van der Waals surface area contributed by atoms with E-state index in [1.165, 1.54) is 4.90 Å². The van der Waals surface area contributed by atoms with Crippen LogP contribution in [-0.4, -0.2) is 232 Å². The third-order valence-electron chi connectivity index (χ3n) is 18.4. The number of fused-ring (bicyclic) bond motifs is 3. The summed E-state index contributed by atoms with van der Waals surface area (Å²) < 4.78 is 42.7. The van der Waals surface area contributed by atoms with Gasteiger partial charge in [0.15, 0.2) is 17.1 Å². The van der Waals surface area contributed by atoms with Crippen LogP contribution in [0.25, 0.3) is 14.5 Å². The van der Waals surface area contributed by atoms with Crippen LogP contribution in [0.4, 0.5) is 19.2 Å². The molecule has 8 aliphatic rings. The van der Waals surface area contributed by atoms with Crippen LogP contribution >= 0.6 is 46.7 Å². The fourth-order valence-electron chi connectivity index (χ4n) is 12.5. The zero-order chi connectivity index (χ0) is 92.2. The highest BCUT2D eigenvalue weighted by molar-refractivity contribution is 9.12. The minimum atomic E-state index is -3.08.